The highest BCUT2D eigenvalue weighted by molar-refractivity contribution is 7.13. The van der Waals surface area contributed by atoms with E-state index in [-0.39, 0.29) is 18.9 Å². The summed E-state index contributed by atoms with van der Waals surface area (Å²) in [6.45, 7) is 2.33. The molecule has 0 atom stereocenters. The van der Waals surface area contributed by atoms with Crippen LogP contribution in [0.5, 0.6) is 0 Å². The van der Waals surface area contributed by atoms with Crippen molar-refractivity contribution in [2.75, 3.05) is 13.7 Å². The van der Waals surface area contributed by atoms with E-state index in [0.29, 0.717) is 12.2 Å². The lowest BCUT2D eigenvalue weighted by Crippen LogP contribution is -2.31. The molecule has 0 saturated carbocycles. The normalized spacial score (nSPS) is 10.6. The summed E-state index contributed by atoms with van der Waals surface area (Å²) in [5, 5.41) is 2.72. The van der Waals surface area contributed by atoms with E-state index in [1.165, 1.54) is 16.9 Å². The van der Waals surface area contributed by atoms with Crippen LogP contribution in [0.1, 0.15) is 23.7 Å². The lowest BCUT2D eigenvalue weighted by atomic mass is 10.1. The topological polar surface area (TPSA) is 59.5 Å². The Kier molecular flexibility index (Phi) is 7.14. The standard InChI is InChI=1S/C23H24N2O3S/c1-3-17-9-11-19(12-10-17)23-24-20(16-29-23)13-22(27)28-15-21(26)25(2)14-18-7-5-4-6-8-18/h4-12,16H,3,13-15H2,1-2H3. The van der Waals surface area contributed by atoms with Gasteiger partial charge in [-0.15, -0.1) is 11.3 Å². The Morgan fingerprint density at radius 2 is 1.76 bits per heavy atom. The van der Waals surface area contributed by atoms with E-state index in [9.17, 15) is 9.59 Å². The molecule has 0 fully saturated rings. The summed E-state index contributed by atoms with van der Waals surface area (Å²) in [6.07, 6.45) is 1.05. The van der Waals surface area contributed by atoms with Crippen LogP contribution in [-0.2, 0) is 33.7 Å². The lowest BCUT2D eigenvalue weighted by Gasteiger charge is -2.17. The van der Waals surface area contributed by atoms with Crippen LogP contribution in [0, 0.1) is 0 Å². The Bertz CT molecular complexity index is 952. The van der Waals surface area contributed by atoms with Gasteiger partial charge in [-0.3, -0.25) is 9.59 Å². The average Bonchev–Trinajstić information content (AvgIpc) is 3.21. The summed E-state index contributed by atoms with van der Waals surface area (Å²) in [5.74, 6) is -0.693. The summed E-state index contributed by atoms with van der Waals surface area (Å²) in [7, 11) is 1.69. The number of aromatic nitrogens is 1. The molecule has 1 amide bonds. The first kappa shape index (κ1) is 20.7. The molecule has 0 bridgehead atoms. The molecule has 150 valence electrons. The first-order valence-corrected chi connectivity index (χ1v) is 10.4. The first-order valence-electron chi connectivity index (χ1n) is 9.52. The molecule has 3 aromatic rings. The van der Waals surface area contributed by atoms with Gasteiger partial charge in [0, 0.05) is 24.5 Å². The molecule has 6 heteroatoms. The van der Waals surface area contributed by atoms with Gasteiger partial charge in [-0.2, -0.15) is 0 Å². The van der Waals surface area contributed by atoms with Crippen molar-refractivity contribution in [3.05, 3.63) is 76.8 Å². The largest absolute Gasteiger partial charge is 0.455 e. The molecule has 1 heterocycles. The van der Waals surface area contributed by atoms with E-state index in [0.717, 1.165) is 22.6 Å². The zero-order valence-corrected chi connectivity index (χ0v) is 17.4. The minimum Gasteiger partial charge on any atom is -0.455 e. The number of esters is 1. The number of rotatable bonds is 8. The van der Waals surface area contributed by atoms with Crippen LogP contribution >= 0.6 is 11.3 Å². The number of aryl methyl sites for hydroxylation is 1. The number of nitrogens with zero attached hydrogens (tertiary/aromatic N) is 2. The first-order chi connectivity index (χ1) is 14.0. The van der Waals surface area contributed by atoms with Gasteiger partial charge in [0.25, 0.3) is 5.91 Å². The van der Waals surface area contributed by atoms with Crippen LogP contribution in [0.25, 0.3) is 10.6 Å². The zero-order valence-electron chi connectivity index (χ0n) is 16.6. The van der Waals surface area contributed by atoms with Crippen molar-refractivity contribution in [1.82, 2.24) is 9.88 Å². The second kappa shape index (κ2) is 9.98. The van der Waals surface area contributed by atoms with E-state index in [2.05, 4.69) is 24.0 Å². The Balaban J connectivity index is 1.48. The molecule has 0 unspecified atom stereocenters. The fraction of sp³-hybridized carbons (Fsp3) is 0.261. The molecule has 0 saturated heterocycles. The van der Waals surface area contributed by atoms with Crippen LogP contribution < -0.4 is 0 Å². The number of carbonyl (C=O) groups is 2. The van der Waals surface area contributed by atoms with Crippen molar-refractivity contribution in [1.29, 1.82) is 0 Å². The molecular formula is C23H24N2O3S. The summed E-state index contributed by atoms with van der Waals surface area (Å²) in [6, 6.07) is 17.9. The lowest BCUT2D eigenvalue weighted by molar-refractivity contribution is -0.151. The highest BCUT2D eigenvalue weighted by Crippen LogP contribution is 2.24. The van der Waals surface area contributed by atoms with Gasteiger partial charge in [0.1, 0.15) is 5.01 Å². The summed E-state index contributed by atoms with van der Waals surface area (Å²) >= 11 is 1.49. The predicted molar refractivity (Wildman–Crippen MR) is 115 cm³/mol. The Morgan fingerprint density at radius 1 is 1.03 bits per heavy atom. The third-order valence-corrected chi connectivity index (χ3v) is 5.47. The molecule has 1 aromatic heterocycles. The van der Waals surface area contributed by atoms with Gasteiger partial charge in [-0.1, -0.05) is 61.5 Å². The summed E-state index contributed by atoms with van der Waals surface area (Å²) in [4.78, 5) is 30.3. The molecule has 2 aromatic carbocycles. The molecule has 0 aliphatic rings. The third kappa shape index (κ3) is 5.99. The minimum absolute atomic E-state index is 0.0548. The van der Waals surface area contributed by atoms with Crippen molar-refractivity contribution >= 4 is 23.2 Å². The van der Waals surface area contributed by atoms with Crippen LogP contribution in [-0.4, -0.2) is 35.4 Å². The SMILES string of the molecule is CCc1ccc(-c2nc(CC(=O)OCC(=O)N(C)Cc3ccccc3)cs2)cc1. The van der Waals surface area contributed by atoms with Crippen LogP contribution in [0.4, 0.5) is 0 Å². The quantitative estimate of drug-likeness (QED) is 0.526. The number of thiazole rings is 1. The molecule has 0 spiro atoms. The van der Waals surface area contributed by atoms with Gasteiger partial charge in [0.2, 0.25) is 0 Å². The number of benzene rings is 2. The fourth-order valence-electron chi connectivity index (χ4n) is 2.80. The van der Waals surface area contributed by atoms with E-state index in [1.54, 1.807) is 11.9 Å². The predicted octanol–water partition coefficient (Wildman–Crippen LogP) is 4.12. The monoisotopic (exact) mass is 408 g/mol. The number of hydrogen-bond acceptors (Lipinski definition) is 5. The van der Waals surface area contributed by atoms with Crippen molar-refractivity contribution in [2.24, 2.45) is 0 Å². The molecule has 3 rings (SSSR count). The highest BCUT2D eigenvalue weighted by Gasteiger charge is 2.14. The molecule has 29 heavy (non-hydrogen) atoms. The number of hydrogen-bond donors (Lipinski definition) is 0. The van der Waals surface area contributed by atoms with Gasteiger partial charge in [0.05, 0.1) is 12.1 Å². The molecule has 0 N–H and O–H groups in total. The van der Waals surface area contributed by atoms with Crippen molar-refractivity contribution in [3.8, 4) is 10.6 Å². The molecular weight excluding hydrogens is 384 g/mol. The van der Waals surface area contributed by atoms with Crippen LogP contribution in [0.2, 0.25) is 0 Å². The van der Waals surface area contributed by atoms with E-state index in [4.69, 9.17) is 4.74 Å². The second-order valence-corrected chi connectivity index (χ2v) is 7.63. The number of amides is 1. The van der Waals surface area contributed by atoms with Crippen molar-refractivity contribution in [3.63, 3.8) is 0 Å². The van der Waals surface area contributed by atoms with E-state index < -0.39 is 5.97 Å². The van der Waals surface area contributed by atoms with Crippen LogP contribution in [0.3, 0.4) is 0 Å². The van der Waals surface area contributed by atoms with E-state index in [1.807, 2.05) is 47.8 Å². The zero-order chi connectivity index (χ0) is 20.6. The van der Waals surface area contributed by atoms with Gasteiger partial charge < -0.3 is 9.64 Å². The van der Waals surface area contributed by atoms with Gasteiger partial charge >= 0.3 is 5.97 Å². The maximum Gasteiger partial charge on any atom is 0.312 e. The minimum atomic E-state index is -0.454. The van der Waals surface area contributed by atoms with Crippen LogP contribution in [0.15, 0.2) is 60.0 Å². The molecule has 0 radical (unpaired) electrons. The highest BCUT2D eigenvalue weighted by atomic mass is 32.1. The van der Waals surface area contributed by atoms with Gasteiger partial charge in [-0.25, -0.2) is 4.98 Å². The van der Waals surface area contributed by atoms with Gasteiger partial charge in [0.15, 0.2) is 6.61 Å². The smallest absolute Gasteiger partial charge is 0.312 e. The third-order valence-electron chi connectivity index (χ3n) is 4.53. The average molecular weight is 409 g/mol. The van der Waals surface area contributed by atoms with Gasteiger partial charge in [-0.05, 0) is 17.5 Å². The fourth-order valence-corrected chi connectivity index (χ4v) is 3.63. The Labute approximate surface area is 175 Å². The van der Waals surface area contributed by atoms with Crippen molar-refractivity contribution in [2.45, 2.75) is 26.3 Å². The number of likely N-dealkylation sites (N-methyl/N-ethyl adjacent to an activating group) is 1. The number of ether oxygens (including phenoxy) is 1. The maximum atomic E-state index is 12.2. The molecule has 5 nitrogen and oxygen atoms in total. The molecule has 0 aliphatic heterocycles. The van der Waals surface area contributed by atoms with E-state index >= 15 is 0 Å². The second-order valence-electron chi connectivity index (χ2n) is 6.77. The molecule has 0 aliphatic carbocycles. The maximum absolute atomic E-state index is 12.2. The summed E-state index contributed by atoms with van der Waals surface area (Å²) in [5.41, 5.74) is 3.98. The summed E-state index contributed by atoms with van der Waals surface area (Å²) < 4.78 is 5.15. The Hall–Kier alpha value is -2.99. The number of carbonyl (C=O) groups excluding carboxylic acids is 2. The Morgan fingerprint density at radius 3 is 2.45 bits per heavy atom. The van der Waals surface area contributed by atoms with Crippen molar-refractivity contribution < 1.29 is 14.3 Å².